The van der Waals surface area contributed by atoms with Gasteiger partial charge in [-0.1, -0.05) is 0 Å². The standard InChI is InChI=1S/C13H10FIN2O/c1-8-11(15)6-7-12(16-8)17-13(18)9-2-4-10(14)5-3-9/h2-7H,1H3,(H,16,17,18). The number of aromatic nitrogens is 1. The van der Waals surface area contributed by atoms with Crippen molar-refractivity contribution in [1.29, 1.82) is 0 Å². The second-order valence-electron chi connectivity index (χ2n) is 3.72. The Labute approximate surface area is 118 Å². The zero-order chi connectivity index (χ0) is 13.1. The predicted octanol–water partition coefficient (Wildman–Crippen LogP) is 3.39. The molecule has 0 unspecified atom stereocenters. The van der Waals surface area contributed by atoms with Crippen molar-refractivity contribution in [2.75, 3.05) is 5.32 Å². The molecule has 2 aromatic rings. The summed E-state index contributed by atoms with van der Waals surface area (Å²) in [6, 6.07) is 8.98. The second kappa shape index (κ2) is 5.43. The molecular formula is C13H10FIN2O. The van der Waals surface area contributed by atoms with Crippen molar-refractivity contribution in [2.24, 2.45) is 0 Å². The fraction of sp³-hybridized carbons (Fsp3) is 0.0769. The number of carbonyl (C=O) groups excluding carboxylic acids is 1. The van der Waals surface area contributed by atoms with Crippen LogP contribution >= 0.6 is 22.6 Å². The van der Waals surface area contributed by atoms with Gasteiger partial charge in [-0.25, -0.2) is 9.37 Å². The van der Waals surface area contributed by atoms with E-state index >= 15 is 0 Å². The Morgan fingerprint density at radius 3 is 2.50 bits per heavy atom. The molecule has 1 heterocycles. The molecule has 1 amide bonds. The van der Waals surface area contributed by atoms with Crippen LogP contribution in [-0.2, 0) is 0 Å². The Hall–Kier alpha value is -1.50. The zero-order valence-corrected chi connectivity index (χ0v) is 11.7. The van der Waals surface area contributed by atoms with Crippen LogP contribution in [0.5, 0.6) is 0 Å². The first-order valence-electron chi connectivity index (χ1n) is 5.26. The molecule has 0 saturated carbocycles. The fourth-order valence-corrected chi connectivity index (χ4v) is 1.70. The predicted molar refractivity (Wildman–Crippen MR) is 76.0 cm³/mol. The van der Waals surface area contributed by atoms with Gasteiger partial charge in [0.05, 0.1) is 5.69 Å². The van der Waals surface area contributed by atoms with Gasteiger partial charge < -0.3 is 5.32 Å². The number of benzene rings is 1. The third-order valence-corrected chi connectivity index (χ3v) is 3.51. The number of pyridine rings is 1. The lowest BCUT2D eigenvalue weighted by molar-refractivity contribution is 0.102. The molecule has 5 heteroatoms. The number of anilines is 1. The van der Waals surface area contributed by atoms with Gasteiger partial charge in [0.2, 0.25) is 0 Å². The molecule has 0 radical (unpaired) electrons. The fourth-order valence-electron chi connectivity index (χ4n) is 1.40. The average molecular weight is 356 g/mol. The van der Waals surface area contributed by atoms with Crippen molar-refractivity contribution >= 4 is 34.3 Å². The second-order valence-corrected chi connectivity index (χ2v) is 4.89. The summed E-state index contributed by atoms with van der Waals surface area (Å²) in [5.41, 5.74) is 1.25. The molecule has 0 aliphatic heterocycles. The van der Waals surface area contributed by atoms with Crippen LogP contribution in [0.1, 0.15) is 16.1 Å². The molecule has 3 nitrogen and oxygen atoms in total. The minimum Gasteiger partial charge on any atom is -0.307 e. The Morgan fingerprint density at radius 2 is 1.89 bits per heavy atom. The quantitative estimate of drug-likeness (QED) is 0.839. The van der Waals surface area contributed by atoms with Crippen molar-refractivity contribution in [3.05, 3.63) is 57.0 Å². The van der Waals surface area contributed by atoms with Crippen LogP contribution in [0.25, 0.3) is 0 Å². The minimum absolute atomic E-state index is 0.303. The van der Waals surface area contributed by atoms with Crippen molar-refractivity contribution in [1.82, 2.24) is 4.98 Å². The number of aryl methyl sites for hydroxylation is 1. The van der Waals surface area contributed by atoms with E-state index in [2.05, 4.69) is 32.9 Å². The number of nitrogens with zero attached hydrogens (tertiary/aromatic N) is 1. The lowest BCUT2D eigenvalue weighted by Gasteiger charge is -2.06. The van der Waals surface area contributed by atoms with E-state index in [1.54, 1.807) is 6.07 Å². The van der Waals surface area contributed by atoms with Gasteiger partial charge in [-0.05, 0) is 65.9 Å². The maximum absolute atomic E-state index is 12.7. The van der Waals surface area contributed by atoms with E-state index in [0.29, 0.717) is 11.4 Å². The summed E-state index contributed by atoms with van der Waals surface area (Å²) in [5, 5.41) is 2.67. The molecule has 1 N–H and O–H groups in total. The third kappa shape index (κ3) is 3.04. The highest BCUT2D eigenvalue weighted by Crippen LogP contribution is 2.13. The summed E-state index contributed by atoms with van der Waals surface area (Å²) in [6.07, 6.45) is 0. The monoisotopic (exact) mass is 356 g/mol. The van der Waals surface area contributed by atoms with Gasteiger partial charge in [-0.15, -0.1) is 0 Å². The molecule has 0 aliphatic rings. The molecule has 1 aromatic carbocycles. The number of amides is 1. The number of rotatable bonds is 2. The van der Waals surface area contributed by atoms with Gasteiger partial charge in [-0.3, -0.25) is 4.79 Å². The molecule has 0 spiro atoms. The van der Waals surface area contributed by atoms with Gasteiger partial charge in [0, 0.05) is 9.13 Å². The van der Waals surface area contributed by atoms with Crippen LogP contribution < -0.4 is 5.32 Å². The van der Waals surface area contributed by atoms with E-state index in [-0.39, 0.29) is 11.7 Å². The molecule has 18 heavy (non-hydrogen) atoms. The largest absolute Gasteiger partial charge is 0.307 e. The van der Waals surface area contributed by atoms with Crippen LogP contribution in [0.3, 0.4) is 0 Å². The SMILES string of the molecule is Cc1nc(NC(=O)c2ccc(F)cc2)ccc1I. The van der Waals surface area contributed by atoms with Gasteiger partial charge in [0.15, 0.2) is 0 Å². The third-order valence-electron chi connectivity index (χ3n) is 2.37. The topological polar surface area (TPSA) is 42.0 Å². The van der Waals surface area contributed by atoms with E-state index in [9.17, 15) is 9.18 Å². The average Bonchev–Trinajstić information content (AvgIpc) is 2.34. The summed E-state index contributed by atoms with van der Waals surface area (Å²) in [5.74, 6) is -0.180. The van der Waals surface area contributed by atoms with E-state index in [0.717, 1.165) is 9.26 Å². The van der Waals surface area contributed by atoms with Crippen molar-refractivity contribution in [3.8, 4) is 0 Å². The molecule has 0 atom stereocenters. The number of halogens is 2. The van der Waals surface area contributed by atoms with Gasteiger partial charge in [-0.2, -0.15) is 0 Å². The number of carbonyl (C=O) groups is 1. The number of nitrogens with one attached hydrogen (secondary N) is 1. The molecular weight excluding hydrogens is 346 g/mol. The summed E-state index contributed by atoms with van der Waals surface area (Å²) in [4.78, 5) is 16.1. The molecule has 0 saturated heterocycles. The van der Waals surface area contributed by atoms with Crippen molar-refractivity contribution in [3.63, 3.8) is 0 Å². The normalized spacial score (nSPS) is 10.2. The smallest absolute Gasteiger partial charge is 0.256 e. The van der Waals surface area contributed by atoms with E-state index in [1.165, 1.54) is 24.3 Å². The highest BCUT2D eigenvalue weighted by atomic mass is 127. The summed E-state index contributed by atoms with van der Waals surface area (Å²) in [6.45, 7) is 1.87. The van der Waals surface area contributed by atoms with Crippen LogP contribution in [-0.4, -0.2) is 10.9 Å². The lowest BCUT2D eigenvalue weighted by Crippen LogP contribution is -2.13. The Balaban J connectivity index is 2.16. The molecule has 1 aromatic heterocycles. The molecule has 0 fully saturated rings. The molecule has 0 bridgehead atoms. The number of hydrogen-bond donors (Lipinski definition) is 1. The van der Waals surface area contributed by atoms with E-state index in [4.69, 9.17) is 0 Å². The van der Waals surface area contributed by atoms with Gasteiger partial charge >= 0.3 is 0 Å². The maximum atomic E-state index is 12.7. The highest BCUT2D eigenvalue weighted by molar-refractivity contribution is 14.1. The Morgan fingerprint density at radius 1 is 1.22 bits per heavy atom. The number of hydrogen-bond acceptors (Lipinski definition) is 2. The van der Waals surface area contributed by atoms with Gasteiger partial charge in [0.25, 0.3) is 5.91 Å². The zero-order valence-electron chi connectivity index (χ0n) is 9.58. The first-order chi connectivity index (χ1) is 8.56. The van der Waals surface area contributed by atoms with E-state index in [1.807, 2.05) is 13.0 Å². The molecule has 92 valence electrons. The molecule has 0 aliphatic carbocycles. The van der Waals surface area contributed by atoms with Crippen molar-refractivity contribution in [2.45, 2.75) is 6.92 Å². The van der Waals surface area contributed by atoms with Crippen molar-refractivity contribution < 1.29 is 9.18 Å². The van der Waals surface area contributed by atoms with Crippen LogP contribution in [0.15, 0.2) is 36.4 Å². The van der Waals surface area contributed by atoms with Crippen LogP contribution in [0.2, 0.25) is 0 Å². The first kappa shape index (κ1) is 12.9. The highest BCUT2D eigenvalue weighted by Gasteiger charge is 2.07. The summed E-state index contributed by atoms with van der Waals surface area (Å²) >= 11 is 2.17. The van der Waals surface area contributed by atoms with Crippen LogP contribution in [0.4, 0.5) is 10.2 Å². The van der Waals surface area contributed by atoms with E-state index < -0.39 is 0 Å². The van der Waals surface area contributed by atoms with Gasteiger partial charge in [0.1, 0.15) is 11.6 Å². The minimum atomic E-state index is -0.366. The summed E-state index contributed by atoms with van der Waals surface area (Å²) < 4.78 is 13.8. The Bertz CT molecular complexity index is 584. The Kier molecular flexibility index (Phi) is 3.90. The lowest BCUT2D eigenvalue weighted by atomic mass is 10.2. The summed E-state index contributed by atoms with van der Waals surface area (Å²) in [7, 11) is 0. The first-order valence-corrected chi connectivity index (χ1v) is 6.34. The van der Waals surface area contributed by atoms with Crippen LogP contribution in [0, 0.1) is 16.3 Å². The molecule has 2 rings (SSSR count). The maximum Gasteiger partial charge on any atom is 0.256 e.